The lowest BCUT2D eigenvalue weighted by molar-refractivity contribution is -0.120. The predicted molar refractivity (Wildman–Crippen MR) is 92.7 cm³/mol. The molecule has 0 saturated carbocycles. The third-order valence-corrected chi connectivity index (χ3v) is 3.80. The topological polar surface area (TPSA) is 44.4 Å². The first-order chi connectivity index (χ1) is 9.15. The second-order valence-corrected chi connectivity index (χ2v) is 5.34. The number of carbonyl (C=O) groups excluding carboxylic acids is 1. The Hall–Kier alpha value is -0.970. The molecule has 1 aromatic rings. The van der Waals surface area contributed by atoms with E-state index < -0.39 is 0 Å². The van der Waals surface area contributed by atoms with Gasteiger partial charge in [-0.05, 0) is 38.9 Å². The lowest BCUT2D eigenvalue weighted by Gasteiger charge is -2.35. The Morgan fingerprint density at radius 2 is 1.95 bits per heavy atom. The van der Waals surface area contributed by atoms with Crippen molar-refractivity contribution in [3.05, 3.63) is 30.3 Å². The van der Waals surface area contributed by atoms with Crippen molar-refractivity contribution in [3.63, 3.8) is 0 Å². The molecule has 2 unspecified atom stereocenters. The molecule has 1 amide bonds. The van der Waals surface area contributed by atoms with E-state index in [1.54, 1.807) is 0 Å². The molecular formula is C15H25Cl2N3O. The van der Waals surface area contributed by atoms with E-state index in [0.29, 0.717) is 18.6 Å². The van der Waals surface area contributed by atoms with Crippen molar-refractivity contribution in [3.8, 4) is 0 Å². The third-order valence-electron chi connectivity index (χ3n) is 3.80. The molecule has 120 valence electrons. The molecule has 2 atom stereocenters. The molecule has 21 heavy (non-hydrogen) atoms. The molecule has 6 heteroatoms. The van der Waals surface area contributed by atoms with Crippen molar-refractivity contribution < 1.29 is 4.79 Å². The Morgan fingerprint density at radius 3 is 2.57 bits per heavy atom. The fourth-order valence-electron chi connectivity index (χ4n) is 2.44. The quantitative estimate of drug-likeness (QED) is 0.889. The van der Waals surface area contributed by atoms with Crippen LogP contribution in [-0.4, -0.2) is 43.0 Å². The van der Waals surface area contributed by atoms with Crippen LogP contribution in [0.5, 0.6) is 0 Å². The fourth-order valence-corrected chi connectivity index (χ4v) is 2.44. The van der Waals surface area contributed by atoms with Gasteiger partial charge in [0.05, 0.1) is 6.54 Å². The van der Waals surface area contributed by atoms with E-state index in [1.165, 1.54) is 0 Å². The van der Waals surface area contributed by atoms with E-state index in [9.17, 15) is 4.79 Å². The van der Waals surface area contributed by atoms with Crippen LogP contribution in [0.4, 0.5) is 5.69 Å². The molecule has 2 rings (SSSR count). The van der Waals surface area contributed by atoms with Gasteiger partial charge in [0.25, 0.3) is 0 Å². The Balaban J connectivity index is 0.00000200. The highest BCUT2D eigenvalue weighted by Crippen LogP contribution is 2.15. The van der Waals surface area contributed by atoms with Gasteiger partial charge in [0.1, 0.15) is 0 Å². The molecule has 1 fully saturated rings. The van der Waals surface area contributed by atoms with Crippen LogP contribution in [0.15, 0.2) is 30.3 Å². The number of rotatable bonds is 4. The van der Waals surface area contributed by atoms with E-state index in [-0.39, 0.29) is 30.7 Å². The van der Waals surface area contributed by atoms with Crippen LogP contribution in [0.3, 0.4) is 0 Å². The number of piperidine rings is 1. The summed E-state index contributed by atoms with van der Waals surface area (Å²) in [7, 11) is 2.14. The van der Waals surface area contributed by atoms with Gasteiger partial charge in [-0.2, -0.15) is 0 Å². The number of hydrogen-bond acceptors (Lipinski definition) is 3. The van der Waals surface area contributed by atoms with Crippen molar-refractivity contribution >= 4 is 36.4 Å². The lowest BCUT2D eigenvalue weighted by Crippen LogP contribution is -2.48. The minimum absolute atomic E-state index is 0. The first kappa shape index (κ1) is 20.0. The molecule has 4 nitrogen and oxygen atoms in total. The smallest absolute Gasteiger partial charge is 0.239 e. The molecule has 1 aliphatic heterocycles. The molecule has 0 bridgehead atoms. The monoisotopic (exact) mass is 333 g/mol. The second-order valence-electron chi connectivity index (χ2n) is 5.34. The number of halogens is 2. The molecule has 1 saturated heterocycles. The minimum atomic E-state index is 0. The third kappa shape index (κ3) is 6.55. The molecule has 1 heterocycles. The number of anilines is 1. The first-order valence-corrected chi connectivity index (χ1v) is 6.93. The highest BCUT2D eigenvalue weighted by molar-refractivity contribution is 5.85. The summed E-state index contributed by atoms with van der Waals surface area (Å²) in [6.45, 7) is 3.60. The maximum absolute atomic E-state index is 11.9. The first-order valence-electron chi connectivity index (χ1n) is 6.93. The van der Waals surface area contributed by atoms with Gasteiger partial charge < -0.3 is 15.5 Å². The van der Waals surface area contributed by atoms with Crippen molar-refractivity contribution in [2.75, 3.05) is 25.5 Å². The van der Waals surface area contributed by atoms with Crippen molar-refractivity contribution in [2.45, 2.75) is 31.8 Å². The molecule has 0 aliphatic carbocycles. The predicted octanol–water partition coefficient (Wildman–Crippen LogP) is 2.54. The molecular weight excluding hydrogens is 309 g/mol. The fraction of sp³-hybridized carbons (Fsp3) is 0.533. The van der Waals surface area contributed by atoms with Crippen LogP contribution in [0.1, 0.15) is 19.8 Å². The standard InChI is InChI=1S/C15H23N3O.2ClH/c1-12-10-14(8-9-18(12)2)17-15(19)11-16-13-6-4-3-5-7-13;;/h3-7,12,14,16H,8-11H2,1-2H3,(H,17,19);2*1H. The number of nitrogens with zero attached hydrogens (tertiary/aromatic N) is 1. The summed E-state index contributed by atoms with van der Waals surface area (Å²) in [6.07, 6.45) is 2.07. The van der Waals surface area contributed by atoms with Crippen LogP contribution >= 0.6 is 24.8 Å². The zero-order valence-corrected chi connectivity index (χ0v) is 14.2. The number of hydrogen-bond donors (Lipinski definition) is 2. The molecule has 0 spiro atoms. The largest absolute Gasteiger partial charge is 0.376 e. The van der Waals surface area contributed by atoms with E-state index in [4.69, 9.17) is 0 Å². The number of para-hydroxylation sites is 1. The summed E-state index contributed by atoms with van der Waals surface area (Å²) in [4.78, 5) is 14.2. The minimum Gasteiger partial charge on any atom is -0.376 e. The van der Waals surface area contributed by atoms with E-state index in [0.717, 1.165) is 25.1 Å². The molecule has 0 radical (unpaired) electrons. The average Bonchev–Trinajstić information content (AvgIpc) is 2.42. The SMILES string of the molecule is CC1CC(NC(=O)CNc2ccccc2)CCN1C.Cl.Cl. The maximum atomic E-state index is 11.9. The summed E-state index contributed by atoms with van der Waals surface area (Å²) in [6, 6.07) is 10.7. The summed E-state index contributed by atoms with van der Waals surface area (Å²) >= 11 is 0. The van der Waals surface area contributed by atoms with Crippen molar-refractivity contribution in [1.29, 1.82) is 0 Å². The van der Waals surface area contributed by atoms with Gasteiger partial charge in [0.2, 0.25) is 5.91 Å². The van der Waals surface area contributed by atoms with Gasteiger partial charge in [0, 0.05) is 24.3 Å². The number of likely N-dealkylation sites (tertiary alicyclic amines) is 1. The zero-order valence-electron chi connectivity index (χ0n) is 12.5. The van der Waals surface area contributed by atoms with Gasteiger partial charge in [-0.15, -0.1) is 24.8 Å². The second kappa shape index (κ2) is 9.87. The number of amides is 1. The van der Waals surface area contributed by atoms with Gasteiger partial charge in [-0.3, -0.25) is 4.79 Å². The van der Waals surface area contributed by atoms with Crippen molar-refractivity contribution in [2.24, 2.45) is 0 Å². The van der Waals surface area contributed by atoms with E-state index >= 15 is 0 Å². The number of carbonyl (C=O) groups is 1. The van der Waals surface area contributed by atoms with Gasteiger partial charge in [0.15, 0.2) is 0 Å². The van der Waals surface area contributed by atoms with Crippen LogP contribution in [-0.2, 0) is 4.79 Å². The Labute approximate surface area is 139 Å². The summed E-state index contributed by atoms with van der Waals surface area (Å²) in [5.41, 5.74) is 0.981. The van der Waals surface area contributed by atoms with Crippen molar-refractivity contribution in [1.82, 2.24) is 10.2 Å². The highest BCUT2D eigenvalue weighted by Gasteiger charge is 2.23. The summed E-state index contributed by atoms with van der Waals surface area (Å²) < 4.78 is 0. The number of benzene rings is 1. The molecule has 1 aromatic carbocycles. The van der Waals surface area contributed by atoms with Crippen LogP contribution in [0, 0.1) is 0 Å². The van der Waals surface area contributed by atoms with Gasteiger partial charge in [-0.25, -0.2) is 0 Å². The van der Waals surface area contributed by atoms with Crippen LogP contribution in [0.25, 0.3) is 0 Å². The number of nitrogens with one attached hydrogen (secondary N) is 2. The Morgan fingerprint density at radius 1 is 1.29 bits per heavy atom. The Bertz CT molecular complexity index is 417. The van der Waals surface area contributed by atoms with Crippen LogP contribution in [0.2, 0.25) is 0 Å². The molecule has 1 aliphatic rings. The maximum Gasteiger partial charge on any atom is 0.239 e. The van der Waals surface area contributed by atoms with Crippen LogP contribution < -0.4 is 10.6 Å². The normalized spacial score (nSPS) is 21.6. The van der Waals surface area contributed by atoms with E-state index in [2.05, 4.69) is 29.5 Å². The van der Waals surface area contributed by atoms with E-state index in [1.807, 2.05) is 30.3 Å². The summed E-state index contributed by atoms with van der Waals surface area (Å²) in [5, 5.41) is 6.24. The van der Waals surface area contributed by atoms with Gasteiger partial charge in [-0.1, -0.05) is 18.2 Å². The summed E-state index contributed by atoms with van der Waals surface area (Å²) in [5.74, 6) is 0.0746. The van der Waals surface area contributed by atoms with Gasteiger partial charge >= 0.3 is 0 Å². The molecule has 2 N–H and O–H groups in total. The Kier molecular flexibility index (Phi) is 9.42. The zero-order chi connectivity index (χ0) is 13.7. The lowest BCUT2D eigenvalue weighted by atomic mass is 9.99. The highest BCUT2D eigenvalue weighted by atomic mass is 35.5. The average molecular weight is 334 g/mol. The molecule has 0 aromatic heterocycles.